The highest BCUT2D eigenvalue weighted by molar-refractivity contribution is 7.09. The summed E-state index contributed by atoms with van der Waals surface area (Å²) in [4.78, 5) is 9.08. The van der Waals surface area contributed by atoms with Crippen LogP contribution in [0.25, 0.3) is 0 Å². The maximum absolute atomic E-state index is 10.4. The number of nitrogens with zero attached hydrogens (tertiary/aromatic N) is 4. The molecule has 1 N–H and O–H groups in total. The first-order chi connectivity index (χ1) is 9.06. The quantitative estimate of drug-likeness (QED) is 0.888. The third kappa shape index (κ3) is 3.64. The maximum atomic E-state index is 10.4. The third-order valence-corrected chi connectivity index (χ3v) is 4.86. The van der Waals surface area contributed by atoms with Gasteiger partial charge in [-0.05, 0) is 19.8 Å². The zero-order valence-electron chi connectivity index (χ0n) is 12.1. The largest absolute Gasteiger partial charge is 0.389 e. The normalized spacial score (nSPS) is 18.0. The van der Waals surface area contributed by atoms with Crippen molar-refractivity contribution in [3.8, 4) is 0 Å². The van der Waals surface area contributed by atoms with Crippen LogP contribution < -0.4 is 4.90 Å². The van der Waals surface area contributed by atoms with Crippen LogP contribution in [0.3, 0.4) is 0 Å². The van der Waals surface area contributed by atoms with Crippen LogP contribution in [0.5, 0.6) is 0 Å². The number of piperazine rings is 1. The first-order valence-corrected chi connectivity index (χ1v) is 7.83. The minimum absolute atomic E-state index is 0.526. The van der Waals surface area contributed by atoms with E-state index in [1.807, 2.05) is 6.92 Å². The predicted octanol–water partition coefficient (Wildman–Crippen LogP) is 1.52. The molecule has 0 spiro atoms. The van der Waals surface area contributed by atoms with E-state index in [2.05, 4.69) is 33.0 Å². The molecule has 0 unspecified atom stereocenters. The van der Waals surface area contributed by atoms with E-state index >= 15 is 0 Å². The molecule has 1 saturated heterocycles. The number of anilines is 1. The summed E-state index contributed by atoms with van der Waals surface area (Å²) in [5.74, 6) is 0.855. The number of aryl methyl sites for hydroxylation is 1. The molecule has 1 fully saturated rings. The molecule has 0 aliphatic carbocycles. The Morgan fingerprint density at radius 3 is 2.32 bits per heavy atom. The summed E-state index contributed by atoms with van der Waals surface area (Å²) in [6, 6.07) is 0. The average Bonchev–Trinajstić information content (AvgIpc) is 2.86. The van der Waals surface area contributed by atoms with Crippen LogP contribution in [-0.2, 0) is 0 Å². The van der Waals surface area contributed by atoms with Crippen molar-refractivity contribution in [2.75, 3.05) is 37.6 Å². The summed E-state index contributed by atoms with van der Waals surface area (Å²) in [7, 11) is 0. The minimum Gasteiger partial charge on any atom is -0.389 e. The van der Waals surface area contributed by atoms with Gasteiger partial charge in [0.05, 0.1) is 5.60 Å². The van der Waals surface area contributed by atoms with Crippen LogP contribution in [0.2, 0.25) is 0 Å². The summed E-state index contributed by atoms with van der Waals surface area (Å²) >= 11 is 1.48. The van der Waals surface area contributed by atoms with Gasteiger partial charge in [0.15, 0.2) is 0 Å². The van der Waals surface area contributed by atoms with Gasteiger partial charge in [-0.2, -0.15) is 4.37 Å². The van der Waals surface area contributed by atoms with E-state index in [-0.39, 0.29) is 0 Å². The molecule has 0 amide bonds. The van der Waals surface area contributed by atoms with Gasteiger partial charge >= 0.3 is 0 Å². The standard InChI is InChI=1S/C13H24N4OS/c1-4-13(18,5-2)10-16-6-8-17(9-7-16)12-14-11(3)15-19-12/h18H,4-10H2,1-3H3. The topological polar surface area (TPSA) is 52.5 Å². The van der Waals surface area contributed by atoms with Gasteiger partial charge in [0, 0.05) is 44.3 Å². The number of rotatable bonds is 5. The van der Waals surface area contributed by atoms with Gasteiger partial charge in [-0.25, -0.2) is 4.98 Å². The second kappa shape index (κ2) is 6.15. The molecule has 1 aliphatic rings. The van der Waals surface area contributed by atoms with E-state index in [9.17, 15) is 5.11 Å². The van der Waals surface area contributed by atoms with Gasteiger partial charge in [0.25, 0.3) is 0 Å². The molecule has 1 aliphatic heterocycles. The Hall–Kier alpha value is -0.720. The summed E-state index contributed by atoms with van der Waals surface area (Å²) in [5.41, 5.74) is -0.526. The second-order valence-electron chi connectivity index (χ2n) is 5.32. The summed E-state index contributed by atoms with van der Waals surface area (Å²) in [6.07, 6.45) is 1.64. The number of hydrogen-bond acceptors (Lipinski definition) is 6. The second-order valence-corrected chi connectivity index (χ2v) is 6.05. The van der Waals surface area contributed by atoms with Gasteiger partial charge in [-0.3, -0.25) is 4.90 Å². The summed E-state index contributed by atoms with van der Waals surface area (Å²) in [5, 5.41) is 11.4. The first-order valence-electron chi connectivity index (χ1n) is 7.06. The zero-order chi connectivity index (χ0) is 13.9. The van der Waals surface area contributed by atoms with Crippen molar-refractivity contribution in [3.63, 3.8) is 0 Å². The van der Waals surface area contributed by atoms with Gasteiger partial charge in [0.2, 0.25) is 5.13 Å². The molecule has 108 valence electrons. The zero-order valence-corrected chi connectivity index (χ0v) is 12.9. The highest BCUT2D eigenvalue weighted by atomic mass is 32.1. The molecule has 5 nitrogen and oxygen atoms in total. The lowest BCUT2D eigenvalue weighted by Gasteiger charge is -2.38. The van der Waals surface area contributed by atoms with E-state index < -0.39 is 5.60 Å². The smallest absolute Gasteiger partial charge is 0.205 e. The first kappa shape index (κ1) is 14.7. The Labute approximate surface area is 119 Å². The molecule has 19 heavy (non-hydrogen) atoms. The lowest BCUT2D eigenvalue weighted by molar-refractivity contribution is -0.00455. The van der Waals surface area contributed by atoms with Gasteiger partial charge < -0.3 is 10.0 Å². The van der Waals surface area contributed by atoms with E-state index in [1.54, 1.807) is 0 Å². The van der Waals surface area contributed by atoms with Crippen LogP contribution >= 0.6 is 11.5 Å². The molecule has 2 heterocycles. The van der Waals surface area contributed by atoms with Crippen molar-refractivity contribution in [2.45, 2.75) is 39.2 Å². The highest BCUT2D eigenvalue weighted by Gasteiger charge is 2.28. The molecule has 2 rings (SSSR count). The van der Waals surface area contributed by atoms with Gasteiger partial charge in [-0.15, -0.1) is 0 Å². The van der Waals surface area contributed by atoms with Crippen molar-refractivity contribution in [2.24, 2.45) is 0 Å². The van der Waals surface area contributed by atoms with Crippen molar-refractivity contribution < 1.29 is 5.11 Å². The Bertz CT molecular complexity index is 397. The highest BCUT2D eigenvalue weighted by Crippen LogP contribution is 2.21. The van der Waals surface area contributed by atoms with Crippen LogP contribution in [0.1, 0.15) is 32.5 Å². The van der Waals surface area contributed by atoms with Crippen molar-refractivity contribution in [1.29, 1.82) is 0 Å². The Morgan fingerprint density at radius 1 is 1.21 bits per heavy atom. The number of hydrogen-bond donors (Lipinski definition) is 1. The molecule has 0 radical (unpaired) electrons. The number of β-amino-alcohol motifs (C(OH)–C–C–N with tert-alkyl or cyclic N) is 1. The predicted molar refractivity (Wildman–Crippen MR) is 78.8 cm³/mol. The van der Waals surface area contributed by atoms with Gasteiger partial charge in [0.1, 0.15) is 5.82 Å². The molecule has 0 atom stereocenters. The summed E-state index contributed by atoms with van der Waals surface area (Å²) < 4.78 is 4.23. The Kier molecular flexibility index (Phi) is 4.76. The van der Waals surface area contributed by atoms with Crippen LogP contribution in [0, 0.1) is 6.92 Å². The Balaban J connectivity index is 1.85. The minimum atomic E-state index is -0.526. The Morgan fingerprint density at radius 2 is 1.84 bits per heavy atom. The molecule has 0 saturated carbocycles. The monoisotopic (exact) mass is 284 g/mol. The number of aromatic nitrogens is 2. The number of aliphatic hydroxyl groups is 1. The molecular formula is C13H24N4OS. The average molecular weight is 284 g/mol. The van der Waals surface area contributed by atoms with E-state index in [0.717, 1.165) is 56.5 Å². The van der Waals surface area contributed by atoms with Crippen molar-refractivity contribution in [1.82, 2.24) is 14.3 Å². The van der Waals surface area contributed by atoms with Gasteiger partial charge in [-0.1, -0.05) is 13.8 Å². The lowest BCUT2D eigenvalue weighted by Crippen LogP contribution is -2.51. The third-order valence-electron chi connectivity index (χ3n) is 3.99. The fourth-order valence-corrected chi connectivity index (χ4v) is 3.13. The van der Waals surface area contributed by atoms with Crippen molar-refractivity contribution >= 4 is 16.7 Å². The van der Waals surface area contributed by atoms with E-state index in [0.29, 0.717) is 0 Å². The van der Waals surface area contributed by atoms with E-state index in [4.69, 9.17) is 0 Å². The molecule has 1 aromatic heterocycles. The summed E-state index contributed by atoms with van der Waals surface area (Å²) in [6.45, 7) is 10.7. The fraction of sp³-hybridized carbons (Fsp3) is 0.846. The van der Waals surface area contributed by atoms with Crippen LogP contribution in [0.15, 0.2) is 0 Å². The van der Waals surface area contributed by atoms with Crippen molar-refractivity contribution in [3.05, 3.63) is 5.82 Å². The molecule has 0 bridgehead atoms. The molecule has 1 aromatic rings. The molecular weight excluding hydrogens is 260 g/mol. The van der Waals surface area contributed by atoms with Crippen LogP contribution in [-0.4, -0.2) is 57.7 Å². The SMILES string of the molecule is CCC(O)(CC)CN1CCN(c2nc(C)ns2)CC1. The van der Waals surface area contributed by atoms with E-state index in [1.165, 1.54) is 11.5 Å². The lowest BCUT2D eigenvalue weighted by atomic mass is 9.96. The molecule has 6 heteroatoms. The molecule has 0 aromatic carbocycles. The fourth-order valence-electron chi connectivity index (χ4n) is 2.40. The van der Waals surface area contributed by atoms with Crippen LogP contribution in [0.4, 0.5) is 5.13 Å². The maximum Gasteiger partial charge on any atom is 0.205 e.